The van der Waals surface area contributed by atoms with Crippen LogP contribution in [-0.4, -0.2) is 12.4 Å². The molecule has 1 heterocycles. The highest BCUT2D eigenvalue weighted by molar-refractivity contribution is 6.30. The Morgan fingerprint density at radius 2 is 1.74 bits per heavy atom. The van der Waals surface area contributed by atoms with Gasteiger partial charge in [0, 0.05) is 5.02 Å². The van der Waals surface area contributed by atoms with E-state index >= 15 is 0 Å². The van der Waals surface area contributed by atoms with Crippen molar-refractivity contribution in [2.75, 3.05) is 6.61 Å². The minimum atomic E-state index is -0.707. The maximum atomic E-state index is 13.3. The van der Waals surface area contributed by atoms with Crippen LogP contribution in [0.2, 0.25) is 5.02 Å². The lowest BCUT2D eigenvalue weighted by molar-refractivity contribution is 0.0794. The molecule has 3 aromatic rings. The third-order valence-electron chi connectivity index (χ3n) is 4.62. The molecule has 0 bridgehead atoms. The van der Waals surface area contributed by atoms with E-state index in [-0.39, 0.29) is 5.78 Å². The average molecular weight is 323 g/mol. The van der Waals surface area contributed by atoms with Crippen molar-refractivity contribution < 1.29 is 9.53 Å². The molecule has 3 heteroatoms. The molecule has 0 fully saturated rings. The number of rotatable bonds is 1. The van der Waals surface area contributed by atoms with Gasteiger partial charge in [-0.15, -0.1) is 0 Å². The van der Waals surface area contributed by atoms with Gasteiger partial charge in [-0.2, -0.15) is 0 Å². The summed E-state index contributed by atoms with van der Waals surface area (Å²) in [7, 11) is 0. The largest absolute Gasteiger partial charge is 0.491 e. The van der Waals surface area contributed by atoms with Crippen LogP contribution in [0.4, 0.5) is 0 Å². The summed E-state index contributed by atoms with van der Waals surface area (Å²) in [5.74, 6) is 0.762. The van der Waals surface area contributed by atoms with Crippen LogP contribution >= 0.6 is 11.6 Å². The lowest BCUT2D eigenvalue weighted by atomic mass is 9.74. The predicted molar refractivity (Wildman–Crippen MR) is 92.6 cm³/mol. The van der Waals surface area contributed by atoms with E-state index in [2.05, 4.69) is 0 Å². The number of hydrogen-bond acceptors (Lipinski definition) is 2. The van der Waals surface area contributed by atoms with Crippen molar-refractivity contribution in [1.29, 1.82) is 0 Å². The molecule has 4 rings (SSSR count). The highest BCUT2D eigenvalue weighted by Gasteiger charge is 2.42. The molecule has 1 aliphatic heterocycles. The van der Waals surface area contributed by atoms with Gasteiger partial charge in [0.2, 0.25) is 0 Å². The lowest BCUT2D eigenvalue weighted by Crippen LogP contribution is -2.42. The molecule has 0 aromatic heterocycles. The van der Waals surface area contributed by atoms with Gasteiger partial charge in [0.15, 0.2) is 5.78 Å². The molecule has 0 amide bonds. The van der Waals surface area contributed by atoms with Crippen molar-refractivity contribution in [2.45, 2.75) is 12.3 Å². The minimum absolute atomic E-state index is 0.0953. The summed E-state index contributed by atoms with van der Waals surface area (Å²) in [6, 6.07) is 19.2. The summed E-state index contributed by atoms with van der Waals surface area (Å²) in [5, 5.41) is 2.64. The van der Waals surface area contributed by atoms with Crippen LogP contribution in [0.15, 0.2) is 60.7 Å². The number of fused-ring (bicyclic) bond motifs is 3. The van der Waals surface area contributed by atoms with Crippen LogP contribution < -0.4 is 4.74 Å². The number of ketones is 1. The third-order valence-corrected chi connectivity index (χ3v) is 4.87. The SMILES string of the molecule is CC1(c2ccc(Cl)cc2)COc2ccc3ccccc3c2C1=O. The van der Waals surface area contributed by atoms with Crippen LogP contribution in [0, 0.1) is 0 Å². The fourth-order valence-electron chi connectivity index (χ4n) is 3.20. The Bertz CT molecular complexity index is 915. The fourth-order valence-corrected chi connectivity index (χ4v) is 3.33. The molecule has 1 unspecified atom stereocenters. The van der Waals surface area contributed by atoms with Crippen molar-refractivity contribution in [3.8, 4) is 5.75 Å². The molecule has 0 spiro atoms. The van der Waals surface area contributed by atoms with Crippen LogP contribution in [0.1, 0.15) is 22.8 Å². The number of Topliss-reactive ketones (excluding diaryl/α,β-unsaturated/α-hetero) is 1. The Hall–Kier alpha value is -2.32. The van der Waals surface area contributed by atoms with Crippen molar-refractivity contribution in [3.05, 3.63) is 76.8 Å². The maximum absolute atomic E-state index is 13.3. The zero-order valence-corrected chi connectivity index (χ0v) is 13.4. The third kappa shape index (κ3) is 2.13. The molecule has 23 heavy (non-hydrogen) atoms. The number of ether oxygens (including phenoxy) is 1. The van der Waals surface area contributed by atoms with E-state index in [1.54, 1.807) is 0 Å². The van der Waals surface area contributed by atoms with Gasteiger partial charge in [-0.25, -0.2) is 0 Å². The van der Waals surface area contributed by atoms with Crippen LogP contribution in [0.3, 0.4) is 0 Å². The topological polar surface area (TPSA) is 26.3 Å². The van der Waals surface area contributed by atoms with Crippen LogP contribution in [0.25, 0.3) is 10.8 Å². The highest BCUT2D eigenvalue weighted by Crippen LogP contribution is 2.40. The summed E-state index contributed by atoms with van der Waals surface area (Å²) in [4.78, 5) is 13.3. The second-order valence-electron chi connectivity index (χ2n) is 6.12. The van der Waals surface area contributed by atoms with Gasteiger partial charge in [-0.3, -0.25) is 4.79 Å². The first kappa shape index (κ1) is 14.3. The molecule has 114 valence electrons. The first-order chi connectivity index (χ1) is 11.1. The molecule has 2 nitrogen and oxygen atoms in total. The van der Waals surface area contributed by atoms with Gasteiger partial charge in [0.25, 0.3) is 0 Å². The molecule has 0 saturated heterocycles. The van der Waals surface area contributed by atoms with E-state index in [1.807, 2.05) is 67.6 Å². The molecule has 0 aliphatic carbocycles. The Balaban J connectivity index is 1.91. The molecule has 1 aliphatic rings. The zero-order chi connectivity index (χ0) is 16.0. The van der Waals surface area contributed by atoms with Crippen molar-refractivity contribution >= 4 is 28.2 Å². The summed E-state index contributed by atoms with van der Waals surface area (Å²) >= 11 is 5.98. The number of halogens is 1. The fraction of sp³-hybridized carbons (Fsp3) is 0.150. The van der Waals surface area contributed by atoms with Gasteiger partial charge in [0.05, 0.1) is 11.0 Å². The average Bonchev–Trinajstić information content (AvgIpc) is 2.58. The van der Waals surface area contributed by atoms with E-state index in [4.69, 9.17) is 16.3 Å². The quantitative estimate of drug-likeness (QED) is 0.628. The van der Waals surface area contributed by atoms with Crippen molar-refractivity contribution in [1.82, 2.24) is 0 Å². The van der Waals surface area contributed by atoms with E-state index in [1.165, 1.54) is 0 Å². The van der Waals surface area contributed by atoms with Crippen LogP contribution in [0.5, 0.6) is 5.75 Å². The lowest BCUT2D eigenvalue weighted by Gasteiger charge is -2.34. The number of hydrogen-bond donors (Lipinski definition) is 0. The summed E-state index contributed by atoms with van der Waals surface area (Å²) in [6.07, 6.45) is 0. The first-order valence-corrected chi connectivity index (χ1v) is 7.93. The van der Waals surface area contributed by atoms with E-state index < -0.39 is 5.41 Å². The number of benzene rings is 3. The first-order valence-electron chi connectivity index (χ1n) is 7.55. The van der Waals surface area contributed by atoms with Gasteiger partial charge in [0.1, 0.15) is 12.4 Å². The molecule has 1 atom stereocenters. The Labute approximate surface area is 139 Å². The predicted octanol–water partition coefficient (Wildman–Crippen LogP) is 5.03. The Kier molecular flexibility index (Phi) is 3.17. The van der Waals surface area contributed by atoms with Gasteiger partial charge in [-0.05, 0) is 41.5 Å². The number of carbonyl (C=O) groups excluding carboxylic acids is 1. The summed E-state index contributed by atoms with van der Waals surface area (Å²) < 4.78 is 5.95. The monoisotopic (exact) mass is 322 g/mol. The van der Waals surface area contributed by atoms with E-state index in [9.17, 15) is 4.79 Å². The van der Waals surface area contributed by atoms with Gasteiger partial charge >= 0.3 is 0 Å². The summed E-state index contributed by atoms with van der Waals surface area (Å²) in [6.45, 7) is 2.27. The molecule has 3 aromatic carbocycles. The van der Waals surface area contributed by atoms with Crippen LogP contribution in [-0.2, 0) is 5.41 Å². The molecule has 0 saturated carbocycles. The Morgan fingerprint density at radius 3 is 2.52 bits per heavy atom. The Morgan fingerprint density at radius 1 is 1.00 bits per heavy atom. The van der Waals surface area contributed by atoms with Crippen molar-refractivity contribution in [2.24, 2.45) is 0 Å². The second kappa shape index (κ2) is 5.10. The number of carbonyl (C=O) groups is 1. The normalized spacial score (nSPS) is 20.2. The maximum Gasteiger partial charge on any atom is 0.180 e. The molecule has 0 radical (unpaired) electrons. The van der Waals surface area contributed by atoms with E-state index in [0.29, 0.717) is 22.9 Å². The molecular weight excluding hydrogens is 308 g/mol. The van der Waals surface area contributed by atoms with Gasteiger partial charge < -0.3 is 4.74 Å². The van der Waals surface area contributed by atoms with Crippen molar-refractivity contribution in [3.63, 3.8) is 0 Å². The molecular formula is C20H15ClO2. The standard InChI is InChI=1S/C20H15ClO2/c1-20(14-7-9-15(21)10-8-14)12-23-17-11-6-13-4-2-3-5-16(13)18(17)19(20)22/h2-11H,12H2,1H3. The van der Waals surface area contributed by atoms with Gasteiger partial charge in [-0.1, -0.05) is 54.1 Å². The highest BCUT2D eigenvalue weighted by atomic mass is 35.5. The van der Waals surface area contributed by atoms with E-state index in [0.717, 1.165) is 16.3 Å². The smallest absolute Gasteiger partial charge is 0.180 e. The second-order valence-corrected chi connectivity index (χ2v) is 6.55. The zero-order valence-electron chi connectivity index (χ0n) is 12.7. The summed E-state index contributed by atoms with van der Waals surface area (Å²) in [5.41, 5.74) is 0.888. The molecule has 0 N–H and O–H groups in total. The minimum Gasteiger partial charge on any atom is -0.491 e.